The molecule has 0 aliphatic carbocycles. The van der Waals surface area contributed by atoms with Crippen LogP contribution in [0.4, 0.5) is 0 Å². The molecule has 0 radical (unpaired) electrons. The van der Waals surface area contributed by atoms with Gasteiger partial charge in [-0.1, -0.05) is 24.3 Å². The molecule has 5 nitrogen and oxygen atoms in total. The molecule has 2 atom stereocenters. The molecule has 2 aromatic rings. The number of ketones is 1. The van der Waals surface area contributed by atoms with Crippen molar-refractivity contribution >= 4 is 11.8 Å². The van der Waals surface area contributed by atoms with E-state index in [1.807, 2.05) is 26.0 Å². The summed E-state index contributed by atoms with van der Waals surface area (Å²) in [5.74, 6) is -0.465. The van der Waals surface area contributed by atoms with Crippen molar-refractivity contribution in [2.45, 2.75) is 53.6 Å². The van der Waals surface area contributed by atoms with Gasteiger partial charge in [-0.3, -0.25) is 4.79 Å². The largest absolute Gasteiger partial charge is 0.462 e. The Kier molecular flexibility index (Phi) is 6.37. The van der Waals surface area contributed by atoms with Gasteiger partial charge in [0.25, 0.3) is 0 Å². The van der Waals surface area contributed by atoms with Gasteiger partial charge >= 0.3 is 5.97 Å². The van der Waals surface area contributed by atoms with Crippen LogP contribution < -0.4 is 5.32 Å². The summed E-state index contributed by atoms with van der Waals surface area (Å²) < 4.78 is 5.09. The Morgan fingerprint density at radius 3 is 2.42 bits per heavy atom. The van der Waals surface area contributed by atoms with Crippen LogP contribution >= 0.6 is 0 Å². The lowest BCUT2D eigenvalue weighted by atomic mass is 10.00. The number of hydrogen-bond donors (Lipinski definition) is 2. The highest BCUT2D eigenvalue weighted by molar-refractivity contribution is 6.03. The molecule has 0 bridgehead atoms. The van der Waals surface area contributed by atoms with E-state index < -0.39 is 12.0 Å². The fourth-order valence-corrected chi connectivity index (χ4v) is 3.34. The number of aromatic nitrogens is 1. The van der Waals surface area contributed by atoms with Gasteiger partial charge in [0.1, 0.15) is 0 Å². The van der Waals surface area contributed by atoms with E-state index in [0.29, 0.717) is 29.1 Å². The van der Waals surface area contributed by atoms with Crippen LogP contribution in [0.1, 0.15) is 70.0 Å². The van der Waals surface area contributed by atoms with Gasteiger partial charge in [0.2, 0.25) is 0 Å². The Labute approximate surface area is 155 Å². The molecule has 0 aliphatic rings. The molecule has 2 N–H and O–H groups in total. The molecule has 140 valence electrons. The Morgan fingerprint density at radius 2 is 1.81 bits per heavy atom. The van der Waals surface area contributed by atoms with E-state index in [0.717, 1.165) is 0 Å². The predicted octanol–water partition coefficient (Wildman–Crippen LogP) is 4.04. The molecule has 1 aromatic heterocycles. The van der Waals surface area contributed by atoms with Crippen LogP contribution in [-0.2, 0) is 4.74 Å². The average molecular weight is 356 g/mol. The van der Waals surface area contributed by atoms with E-state index in [4.69, 9.17) is 4.74 Å². The monoisotopic (exact) mass is 356 g/mol. The number of esters is 1. The Bertz CT molecular complexity index is 808. The van der Waals surface area contributed by atoms with E-state index in [-0.39, 0.29) is 11.8 Å². The first-order valence-corrected chi connectivity index (χ1v) is 8.99. The van der Waals surface area contributed by atoms with Crippen molar-refractivity contribution in [3.05, 3.63) is 57.9 Å². The first-order chi connectivity index (χ1) is 12.3. The normalized spacial score (nSPS) is 13.3. The topological polar surface area (TPSA) is 71.2 Å². The van der Waals surface area contributed by atoms with Crippen LogP contribution in [0.3, 0.4) is 0 Å². The molecule has 0 spiro atoms. The number of H-pyrrole nitrogens is 1. The lowest BCUT2D eigenvalue weighted by molar-refractivity contribution is 0.0525. The minimum Gasteiger partial charge on any atom is -0.462 e. The molecule has 5 heteroatoms. The maximum absolute atomic E-state index is 12.9. The number of rotatable bonds is 7. The molecule has 0 unspecified atom stereocenters. The fraction of sp³-hybridized carbons (Fsp3) is 0.429. The highest BCUT2D eigenvalue weighted by atomic mass is 16.5. The maximum atomic E-state index is 12.9. The zero-order chi connectivity index (χ0) is 19.4. The number of aryl methyl sites for hydroxylation is 2. The van der Waals surface area contributed by atoms with Gasteiger partial charge in [-0.15, -0.1) is 0 Å². The van der Waals surface area contributed by atoms with E-state index in [9.17, 15) is 9.59 Å². The summed E-state index contributed by atoms with van der Waals surface area (Å²) in [6.07, 6.45) is 0. The van der Waals surface area contributed by atoms with Gasteiger partial charge in [0, 0.05) is 11.7 Å². The molecule has 26 heavy (non-hydrogen) atoms. The van der Waals surface area contributed by atoms with Gasteiger partial charge in [0.15, 0.2) is 5.78 Å². The number of Topliss-reactive ketones (excluding diaryl/α,β-unsaturated/α-hetero) is 1. The van der Waals surface area contributed by atoms with Crippen LogP contribution in [0.2, 0.25) is 0 Å². The fourth-order valence-electron chi connectivity index (χ4n) is 3.34. The highest BCUT2D eigenvalue weighted by Crippen LogP contribution is 2.22. The maximum Gasteiger partial charge on any atom is 0.340 e. The lowest BCUT2D eigenvalue weighted by Crippen LogP contribution is -2.36. The van der Waals surface area contributed by atoms with Crippen molar-refractivity contribution in [1.82, 2.24) is 10.3 Å². The first-order valence-electron chi connectivity index (χ1n) is 8.99. The molecule has 0 saturated heterocycles. The molecule has 0 aliphatic heterocycles. The van der Waals surface area contributed by atoms with Crippen molar-refractivity contribution in [3.8, 4) is 0 Å². The molecule has 1 aromatic carbocycles. The molecule has 1 heterocycles. The summed E-state index contributed by atoms with van der Waals surface area (Å²) in [5, 5.41) is 3.36. The number of ether oxygens (including phenoxy) is 1. The number of carbonyl (C=O) groups is 2. The molecule has 0 saturated carbocycles. The second-order valence-corrected chi connectivity index (χ2v) is 6.68. The van der Waals surface area contributed by atoms with E-state index in [1.165, 1.54) is 11.1 Å². The summed E-state index contributed by atoms with van der Waals surface area (Å²) in [7, 11) is 0. The van der Waals surface area contributed by atoms with Gasteiger partial charge in [0.05, 0.1) is 23.9 Å². The van der Waals surface area contributed by atoms with Gasteiger partial charge in [-0.05, 0) is 58.2 Å². The van der Waals surface area contributed by atoms with Gasteiger partial charge in [-0.25, -0.2) is 4.79 Å². The van der Waals surface area contributed by atoms with Gasteiger partial charge < -0.3 is 15.0 Å². The van der Waals surface area contributed by atoms with Crippen LogP contribution in [0.25, 0.3) is 0 Å². The SMILES string of the molecule is CCOC(=O)c1c(C)[nH]c(C(=O)[C@H](C)N[C@H](C)c2ccccc2C)c1C. The van der Waals surface area contributed by atoms with Crippen molar-refractivity contribution < 1.29 is 14.3 Å². The second-order valence-electron chi connectivity index (χ2n) is 6.68. The van der Waals surface area contributed by atoms with E-state index >= 15 is 0 Å². The summed E-state index contributed by atoms with van der Waals surface area (Å²) in [4.78, 5) is 28.1. The van der Waals surface area contributed by atoms with Crippen LogP contribution in [0.15, 0.2) is 24.3 Å². The number of hydrogen-bond acceptors (Lipinski definition) is 4. The summed E-state index contributed by atoms with van der Waals surface area (Å²) >= 11 is 0. The molecule has 0 fully saturated rings. The van der Waals surface area contributed by atoms with E-state index in [2.05, 4.69) is 29.4 Å². The first kappa shape index (κ1) is 19.9. The number of benzene rings is 1. The predicted molar refractivity (Wildman–Crippen MR) is 103 cm³/mol. The van der Waals surface area contributed by atoms with Crippen molar-refractivity contribution in [2.24, 2.45) is 0 Å². The lowest BCUT2D eigenvalue weighted by Gasteiger charge is -2.21. The third-order valence-electron chi connectivity index (χ3n) is 4.71. The number of carbonyl (C=O) groups excluding carboxylic acids is 2. The van der Waals surface area contributed by atoms with Gasteiger partial charge in [-0.2, -0.15) is 0 Å². The summed E-state index contributed by atoms with van der Waals surface area (Å²) in [6, 6.07) is 7.77. The quantitative estimate of drug-likeness (QED) is 0.580. The smallest absolute Gasteiger partial charge is 0.340 e. The summed E-state index contributed by atoms with van der Waals surface area (Å²) in [6.45, 7) is 11.6. The molecule has 0 amide bonds. The third kappa shape index (κ3) is 4.05. The zero-order valence-corrected chi connectivity index (χ0v) is 16.4. The standard InChI is InChI=1S/C21H28N2O3/c1-7-26-21(25)18-13(3)19(23-15(18)5)20(24)16(6)22-14(4)17-11-9-8-10-12(17)2/h8-11,14,16,22-23H,7H2,1-6H3/t14-,16+/m1/s1. The second kappa shape index (κ2) is 8.32. The van der Waals surface area contributed by atoms with Crippen LogP contribution in [-0.4, -0.2) is 29.4 Å². The number of nitrogens with one attached hydrogen (secondary N) is 2. The highest BCUT2D eigenvalue weighted by Gasteiger charge is 2.26. The van der Waals surface area contributed by atoms with E-state index in [1.54, 1.807) is 20.8 Å². The third-order valence-corrected chi connectivity index (χ3v) is 4.71. The molecular weight excluding hydrogens is 328 g/mol. The van der Waals surface area contributed by atoms with Crippen molar-refractivity contribution in [2.75, 3.05) is 6.61 Å². The average Bonchev–Trinajstić information content (AvgIpc) is 2.89. The Balaban J connectivity index is 2.20. The zero-order valence-electron chi connectivity index (χ0n) is 16.4. The van der Waals surface area contributed by atoms with Crippen molar-refractivity contribution in [3.63, 3.8) is 0 Å². The molecular formula is C21H28N2O3. The minimum atomic E-state index is -0.397. The molecule has 2 rings (SSSR count). The minimum absolute atomic E-state index is 0.0380. The van der Waals surface area contributed by atoms with Crippen molar-refractivity contribution in [1.29, 1.82) is 0 Å². The Morgan fingerprint density at radius 1 is 1.15 bits per heavy atom. The summed E-state index contributed by atoms with van der Waals surface area (Å²) in [5.41, 5.74) is 4.56. The van der Waals surface area contributed by atoms with Crippen LogP contribution in [0.5, 0.6) is 0 Å². The Hall–Kier alpha value is -2.40. The van der Waals surface area contributed by atoms with Crippen LogP contribution in [0, 0.1) is 20.8 Å². The number of aromatic amines is 1.